The van der Waals surface area contributed by atoms with Gasteiger partial charge in [0.15, 0.2) is 0 Å². The van der Waals surface area contributed by atoms with Crippen LogP contribution in [-0.4, -0.2) is 17.0 Å². The van der Waals surface area contributed by atoms with Crippen LogP contribution in [0.5, 0.6) is 0 Å². The van der Waals surface area contributed by atoms with Crippen molar-refractivity contribution < 1.29 is 14.7 Å². The highest BCUT2D eigenvalue weighted by Crippen LogP contribution is 2.15. The van der Waals surface area contributed by atoms with Gasteiger partial charge in [0.1, 0.15) is 0 Å². The summed E-state index contributed by atoms with van der Waals surface area (Å²) in [6, 6.07) is 8.43. The molecule has 0 saturated heterocycles. The van der Waals surface area contributed by atoms with Crippen molar-refractivity contribution in [2.75, 3.05) is 0 Å². The second-order valence-electron chi connectivity index (χ2n) is 4.12. The Morgan fingerprint density at radius 2 is 2.11 bits per heavy atom. The van der Waals surface area contributed by atoms with Gasteiger partial charge in [-0.3, -0.25) is 4.79 Å². The molecule has 98 valence electrons. The molecule has 2 aromatic rings. The number of hydrogen-bond acceptors (Lipinski definition) is 3. The molecule has 0 radical (unpaired) electrons. The fourth-order valence-electron chi connectivity index (χ4n) is 1.68. The van der Waals surface area contributed by atoms with E-state index in [0.29, 0.717) is 11.4 Å². The Hall–Kier alpha value is -2.14. The molecule has 0 atom stereocenters. The fourth-order valence-corrected chi connectivity index (χ4v) is 2.52. The maximum atomic E-state index is 11.9. The van der Waals surface area contributed by atoms with Crippen LogP contribution in [0.15, 0.2) is 35.7 Å². The highest BCUT2D eigenvalue weighted by atomic mass is 32.1. The Balaban J connectivity index is 2.03. The first kappa shape index (κ1) is 13.3. The van der Waals surface area contributed by atoms with E-state index < -0.39 is 5.97 Å². The first-order valence-electron chi connectivity index (χ1n) is 5.72. The summed E-state index contributed by atoms with van der Waals surface area (Å²) in [7, 11) is 0. The third-order valence-corrected chi connectivity index (χ3v) is 3.71. The maximum absolute atomic E-state index is 11.9. The largest absolute Gasteiger partial charge is 0.478 e. The number of aromatic carboxylic acids is 1. The summed E-state index contributed by atoms with van der Waals surface area (Å²) < 4.78 is 0. The lowest BCUT2D eigenvalue weighted by Gasteiger charge is -2.05. The molecular formula is C14H13NO3S. The van der Waals surface area contributed by atoms with Gasteiger partial charge >= 0.3 is 5.97 Å². The molecule has 0 aliphatic rings. The smallest absolute Gasteiger partial charge is 0.335 e. The van der Waals surface area contributed by atoms with Crippen molar-refractivity contribution in [2.45, 2.75) is 13.5 Å². The van der Waals surface area contributed by atoms with Crippen LogP contribution in [0.1, 0.15) is 31.2 Å². The van der Waals surface area contributed by atoms with Crippen LogP contribution in [0.2, 0.25) is 0 Å². The Morgan fingerprint density at radius 3 is 2.74 bits per heavy atom. The van der Waals surface area contributed by atoms with E-state index in [9.17, 15) is 9.59 Å². The molecular weight excluding hydrogens is 262 g/mol. The number of carboxylic acids is 1. The zero-order valence-corrected chi connectivity index (χ0v) is 11.2. The summed E-state index contributed by atoms with van der Waals surface area (Å²) in [4.78, 5) is 23.4. The van der Waals surface area contributed by atoms with E-state index in [2.05, 4.69) is 5.32 Å². The molecule has 4 nitrogen and oxygen atoms in total. The van der Waals surface area contributed by atoms with Gasteiger partial charge in [-0.2, -0.15) is 0 Å². The molecule has 0 aliphatic carbocycles. The molecule has 2 N–H and O–H groups in total. The molecule has 1 amide bonds. The van der Waals surface area contributed by atoms with Gasteiger partial charge in [-0.15, -0.1) is 11.3 Å². The van der Waals surface area contributed by atoms with Gasteiger partial charge in [-0.05, 0) is 41.6 Å². The molecule has 0 bridgehead atoms. The topological polar surface area (TPSA) is 66.4 Å². The molecule has 5 heteroatoms. The Kier molecular flexibility index (Phi) is 3.97. The van der Waals surface area contributed by atoms with Crippen molar-refractivity contribution in [3.63, 3.8) is 0 Å². The van der Waals surface area contributed by atoms with Gasteiger partial charge in [0.2, 0.25) is 0 Å². The van der Waals surface area contributed by atoms with Crippen molar-refractivity contribution in [3.8, 4) is 0 Å². The SMILES string of the molecule is Cc1ccsc1C(=O)NCc1cccc(C(=O)O)c1. The van der Waals surface area contributed by atoms with E-state index in [4.69, 9.17) is 5.11 Å². The van der Waals surface area contributed by atoms with Crippen LogP contribution < -0.4 is 5.32 Å². The maximum Gasteiger partial charge on any atom is 0.335 e. The average Bonchev–Trinajstić information content (AvgIpc) is 2.82. The highest BCUT2D eigenvalue weighted by molar-refractivity contribution is 7.12. The Morgan fingerprint density at radius 1 is 1.32 bits per heavy atom. The third kappa shape index (κ3) is 3.20. The monoisotopic (exact) mass is 275 g/mol. The number of amides is 1. The van der Waals surface area contributed by atoms with Crippen molar-refractivity contribution >= 4 is 23.2 Å². The van der Waals surface area contributed by atoms with Crippen LogP contribution in [0.25, 0.3) is 0 Å². The minimum absolute atomic E-state index is 0.131. The predicted molar refractivity (Wildman–Crippen MR) is 73.6 cm³/mol. The molecule has 1 aromatic carbocycles. The summed E-state index contributed by atoms with van der Waals surface area (Å²) in [5.41, 5.74) is 1.93. The lowest BCUT2D eigenvalue weighted by molar-refractivity contribution is 0.0696. The molecule has 0 fully saturated rings. The number of nitrogens with one attached hydrogen (secondary N) is 1. The Bertz CT molecular complexity index is 619. The summed E-state index contributed by atoms with van der Waals surface area (Å²) in [6.07, 6.45) is 0. The van der Waals surface area contributed by atoms with Gasteiger partial charge in [-0.1, -0.05) is 12.1 Å². The van der Waals surface area contributed by atoms with E-state index in [1.807, 2.05) is 18.4 Å². The minimum atomic E-state index is -0.970. The minimum Gasteiger partial charge on any atom is -0.478 e. The fraction of sp³-hybridized carbons (Fsp3) is 0.143. The molecule has 1 heterocycles. The Labute approximate surface area is 114 Å². The summed E-state index contributed by atoms with van der Waals surface area (Å²) >= 11 is 1.39. The molecule has 0 saturated carbocycles. The number of carboxylic acid groups (broad SMARTS) is 1. The number of benzene rings is 1. The summed E-state index contributed by atoms with van der Waals surface area (Å²) in [5.74, 6) is -1.10. The van der Waals surface area contributed by atoms with Crippen molar-refractivity contribution in [1.29, 1.82) is 0 Å². The van der Waals surface area contributed by atoms with E-state index >= 15 is 0 Å². The van der Waals surface area contributed by atoms with Crippen molar-refractivity contribution in [1.82, 2.24) is 5.32 Å². The van der Waals surface area contributed by atoms with Gasteiger partial charge in [0, 0.05) is 6.54 Å². The van der Waals surface area contributed by atoms with E-state index in [-0.39, 0.29) is 11.5 Å². The predicted octanol–water partition coefficient (Wildman–Crippen LogP) is 2.68. The lowest BCUT2D eigenvalue weighted by Crippen LogP contribution is -2.22. The van der Waals surface area contributed by atoms with Crippen LogP contribution in [-0.2, 0) is 6.54 Å². The van der Waals surface area contributed by atoms with Gasteiger partial charge in [0.05, 0.1) is 10.4 Å². The zero-order chi connectivity index (χ0) is 13.8. The second kappa shape index (κ2) is 5.67. The zero-order valence-electron chi connectivity index (χ0n) is 10.3. The average molecular weight is 275 g/mol. The number of aryl methyl sites for hydroxylation is 1. The summed E-state index contributed by atoms with van der Waals surface area (Å²) in [5, 5.41) is 13.5. The number of carbonyl (C=O) groups is 2. The molecule has 2 rings (SSSR count). The van der Waals surface area contributed by atoms with E-state index in [1.165, 1.54) is 17.4 Å². The van der Waals surface area contributed by atoms with Crippen molar-refractivity contribution in [2.24, 2.45) is 0 Å². The highest BCUT2D eigenvalue weighted by Gasteiger charge is 2.10. The van der Waals surface area contributed by atoms with Gasteiger partial charge in [-0.25, -0.2) is 4.79 Å². The van der Waals surface area contributed by atoms with Crippen LogP contribution in [0.3, 0.4) is 0 Å². The number of thiophene rings is 1. The van der Waals surface area contributed by atoms with Crippen LogP contribution in [0.4, 0.5) is 0 Å². The van der Waals surface area contributed by atoms with Crippen LogP contribution >= 0.6 is 11.3 Å². The first-order chi connectivity index (χ1) is 9.08. The molecule has 1 aromatic heterocycles. The number of rotatable bonds is 4. The number of hydrogen-bond donors (Lipinski definition) is 2. The quantitative estimate of drug-likeness (QED) is 0.901. The molecule has 19 heavy (non-hydrogen) atoms. The first-order valence-corrected chi connectivity index (χ1v) is 6.60. The van der Waals surface area contributed by atoms with Gasteiger partial charge in [0.25, 0.3) is 5.91 Å². The van der Waals surface area contributed by atoms with Crippen LogP contribution in [0, 0.1) is 6.92 Å². The van der Waals surface area contributed by atoms with Gasteiger partial charge < -0.3 is 10.4 Å². The standard InChI is InChI=1S/C14H13NO3S/c1-9-5-6-19-12(9)13(16)15-8-10-3-2-4-11(7-10)14(17)18/h2-7H,8H2,1H3,(H,15,16)(H,17,18). The van der Waals surface area contributed by atoms with E-state index in [0.717, 1.165) is 11.1 Å². The lowest BCUT2D eigenvalue weighted by atomic mass is 10.1. The normalized spacial score (nSPS) is 10.2. The molecule has 0 unspecified atom stereocenters. The molecule has 0 spiro atoms. The summed E-state index contributed by atoms with van der Waals surface area (Å²) in [6.45, 7) is 2.20. The van der Waals surface area contributed by atoms with E-state index in [1.54, 1.807) is 18.2 Å². The third-order valence-electron chi connectivity index (χ3n) is 2.70. The number of carbonyl (C=O) groups excluding carboxylic acids is 1. The van der Waals surface area contributed by atoms with Crippen molar-refractivity contribution in [3.05, 3.63) is 57.3 Å². The second-order valence-corrected chi connectivity index (χ2v) is 5.04. The molecule has 0 aliphatic heterocycles.